The Morgan fingerprint density at radius 2 is 1.79 bits per heavy atom. The molecule has 3 rings (SSSR count). The molecule has 0 aliphatic rings. The molecule has 0 radical (unpaired) electrons. The van der Waals surface area contributed by atoms with Crippen LogP contribution in [-0.2, 0) is 14.8 Å². The second-order valence-electron chi connectivity index (χ2n) is 6.28. The summed E-state index contributed by atoms with van der Waals surface area (Å²) in [6, 6.07) is 13.4. The van der Waals surface area contributed by atoms with Crippen molar-refractivity contribution >= 4 is 54.7 Å². The number of amides is 1. The fourth-order valence-corrected chi connectivity index (χ4v) is 4.81. The van der Waals surface area contributed by atoms with E-state index in [2.05, 4.69) is 10.1 Å². The van der Waals surface area contributed by atoms with E-state index >= 15 is 0 Å². The van der Waals surface area contributed by atoms with Crippen LogP contribution < -0.4 is 9.62 Å². The zero-order valence-corrected chi connectivity index (χ0v) is 17.8. The van der Waals surface area contributed by atoms with Crippen LogP contribution in [0.1, 0.15) is 27.0 Å². The summed E-state index contributed by atoms with van der Waals surface area (Å²) in [6.07, 6.45) is 1.17. The molecule has 1 amide bonds. The standard InChI is InChI=1S/C20H20N2O5S2/c1-4-22(29(3,25)26)16-9-10-17-14(11-16)12-18(28-17)19(23)21-15-7-5-13(6-8-15)20(24)27-2/h5-12H,4H2,1-3H3,(H,21,23). The van der Waals surface area contributed by atoms with E-state index < -0.39 is 16.0 Å². The molecular weight excluding hydrogens is 412 g/mol. The second kappa shape index (κ2) is 8.22. The number of nitrogens with one attached hydrogen (secondary N) is 1. The Labute approximate surface area is 173 Å². The highest BCUT2D eigenvalue weighted by molar-refractivity contribution is 7.92. The fraction of sp³-hybridized carbons (Fsp3) is 0.200. The van der Waals surface area contributed by atoms with Crippen LogP contribution in [0.2, 0.25) is 0 Å². The van der Waals surface area contributed by atoms with Crippen LogP contribution in [0, 0.1) is 0 Å². The van der Waals surface area contributed by atoms with Gasteiger partial charge < -0.3 is 10.1 Å². The van der Waals surface area contributed by atoms with Gasteiger partial charge >= 0.3 is 5.97 Å². The van der Waals surface area contributed by atoms with Gasteiger partial charge in [-0.15, -0.1) is 11.3 Å². The van der Waals surface area contributed by atoms with Crippen molar-refractivity contribution in [3.05, 3.63) is 59.0 Å². The summed E-state index contributed by atoms with van der Waals surface area (Å²) < 4.78 is 30.7. The lowest BCUT2D eigenvalue weighted by molar-refractivity contribution is 0.0600. The lowest BCUT2D eigenvalue weighted by atomic mass is 10.2. The minimum atomic E-state index is -3.37. The molecule has 0 aliphatic heterocycles. The number of rotatable bonds is 6. The summed E-state index contributed by atoms with van der Waals surface area (Å²) in [6.45, 7) is 2.09. The first-order valence-corrected chi connectivity index (χ1v) is 11.4. The Bertz CT molecular complexity index is 1170. The molecule has 9 heteroatoms. The molecule has 1 aromatic heterocycles. The molecular formula is C20H20N2O5S2. The third-order valence-corrected chi connectivity index (χ3v) is 6.65. The van der Waals surface area contributed by atoms with Crippen LogP contribution in [-0.4, -0.2) is 40.2 Å². The van der Waals surface area contributed by atoms with Gasteiger partial charge in [-0.05, 0) is 60.8 Å². The van der Waals surface area contributed by atoms with Crippen LogP contribution >= 0.6 is 11.3 Å². The molecule has 3 aromatic rings. The summed E-state index contributed by atoms with van der Waals surface area (Å²) in [5, 5.41) is 3.58. The van der Waals surface area contributed by atoms with E-state index in [0.29, 0.717) is 28.4 Å². The highest BCUT2D eigenvalue weighted by atomic mass is 32.2. The van der Waals surface area contributed by atoms with Crippen molar-refractivity contribution < 1.29 is 22.7 Å². The molecule has 0 aliphatic carbocycles. The van der Waals surface area contributed by atoms with Gasteiger partial charge in [0.2, 0.25) is 10.0 Å². The van der Waals surface area contributed by atoms with Crippen molar-refractivity contribution in [3.8, 4) is 0 Å². The Morgan fingerprint density at radius 1 is 1.10 bits per heavy atom. The summed E-state index contributed by atoms with van der Waals surface area (Å²) in [5.41, 5.74) is 1.51. The average molecular weight is 433 g/mol. The molecule has 29 heavy (non-hydrogen) atoms. The predicted octanol–water partition coefficient (Wildman–Crippen LogP) is 3.73. The van der Waals surface area contributed by atoms with E-state index in [1.54, 1.807) is 49.4 Å². The molecule has 0 bridgehead atoms. The van der Waals surface area contributed by atoms with Crippen molar-refractivity contribution in [1.82, 2.24) is 0 Å². The Hall–Kier alpha value is -2.91. The number of nitrogens with zero attached hydrogens (tertiary/aromatic N) is 1. The van der Waals surface area contributed by atoms with Crippen molar-refractivity contribution in [1.29, 1.82) is 0 Å². The van der Waals surface area contributed by atoms with Crippen LogP contribution in [0.4, 0.5) is 11.4 Å². The Balaban J connectivity index is 1.82. The Kier molecular flexibility index (Phi) is 5.90. The zero-order valence-electron chi connectivity index (χ0n) is 16.1. The number of hydrogen-bond donors (Lipinski definition) is 1. The van der Waals surface area contributed by atoms with Gasteiger partial charge in [-0.2, -0.15) is 0 Å². The number of carbonyl (C=O) groups excluding carboxylic acids is 2. The Morgan fingerprint density at radius 3 is 2.38 bits per heavy atom. The molecule has 0 fully saturated rings. The average Bonchev–Trinajstić information content (AvgIpc) is 3.11. The second-order valence-corrected chi connectivity index (χ2v) is 9.27. The molecule has 0 atom stereocenters. The number of benzene rings is 2. The van der Waals surface area contributed by atoms with E-state index in [-0.39, 0.29) is 5.91 Å². The lowest BCUT2D eigenvalue weighted by Gasteiger charge is -2.20. The highest BCUT2D eigenvalue weighted by Gasteiger charge is 2.17. The van der Waals surface area contributed by atoms with E-state index in [4.69, 9.17) is 0 Å². The van der Waals surface area contributed by atoms with Gasteiger partial charge in [-0.25, -0.2) is 13.2 Å². The van der Waals surface area contributed by atoms with Gasteiger partial charge in [-0.3, -0.25) is 9.10 Å². The number of ether oxygens (including phenoxy) is 1. The van der Waals surface area contributed by atoms with Gasteiger partial charge in [0.15, 0.2) is 0 Å². The number of esters is 1. The first-order valence-electron chi connectivity index (χ1n) is 8.74. The summed E-state index contributed by atoms with van der Waals surface area (Å²) in [5.74, 6) is -0.729. The normalized spacial score (nSPS) is 11.3. The van der Waals surface area contributed by atoms with Gasteiger partial charge in [0.1, 0.15) is 0 Å². The third-order valence-electron chi connectivity index (χ3n) is 4.26. The number of thiophene rings is 1. The molecule has 1 N–H and O–H groups in total. The predicted molar refractivity (Wildman–Crippen MR) is 115 cm³/mol. The van der Waals surface area contributed by atoms with Crippen LogP contribution in [0.5, 0.6) is 0 Å². The van der Waals surface area contributed by atoms with Gasteiger partial charge in [0, 0.05) is 16.9 Å². The molecule has 0 unspecified atom stereocenters. The van der Waals surface area contributed by atoms with Gasteiger partial charge in [-0.1, -0.05) is 0 Å². The number of methoxy groups -OCH3 is 1. The van der Waals surface area contributed by atoms with Crippen molar-refractivity contribution in [3.63, 3.8) is 0 Å². The van der Waals surface area contributed by atoms with Gasteiger partial charge in [0.25, 0.3) is 5.91 Å². The smallest absolute Gasteiger partial charge is 0.337 e. The maximum atomic E-state index is 12.6. The van der Waals surface area contributed by atoms with Crippen LogP contribution in [0.25, 0.3) is 10.1 Å². The topological polar surface area (TPSA) is 92.8 Å². The van der Waals surface area contributed by atoms with Crippen molar-refractivity contribution in [2.24, 2.45) is 0 Å². The SMILES string of the molecule is CCN(c1ccc2sc(C(=O)Nc3ccc(C(=O)OC)cc3)cc2c1)S(C)(=O)=O. The summed E-state index contributed by atoms with van der Waals surface area (Å²) in [4.78, 5) is 24.6. The quantitative estimate of drug-likeness (QED) is 0.599. The van der Waals surface area contributed by atoms with E-state index in [1.807, 2.05) is 6.07 Å². The number of carbonyl (C=O) groups is 2. The number of anilines is 2. The third kappa shape index (κ3) is 4.57. The molecule has 0 saturated carbocycles. The lowest BCUT2D eigenvalue weighted by Crippen LogP contribution is -2.29. The first kappa shape index (κ1) is 20.8. The van der Waals surface area contributed by atoms with Crippen LogP contribution in [0.15, 0.2) is 48.5 Å². The van der Waals surface area contributed by atoms with Gasteiger partial charge in [0.05, 0.1) is 29.5 Å². The monoisotopic (exact) mass is 432 g/mol. The molecule has 7 nitrogen and oxygen atoms in total. The molecule has 152 valence electrons. The summed E-state index contributed by atoms with van der Waals surface area (Å²) >= 11 is 1.32. The minimum Gasteiger partial charge on any atom is -0.465 e. The van der Waals surface area contributed by atoms with Crippen molar-refractivity contribution in [2.45, 2.75) is 6.92 Å². The largest absolute Gasteiger partial charge is 0.465 e. The number of fused-ring (bicyclic) bond motifs is 1. The van der Waals surface area contributed by atoms with E-state index in [0.717, 1.165) is 10.1 Å². The molecule has 0 saturated heterocycles. The molecule has 2 aromatic carbocycles. The first-order chi connectivity index (χ1) is 13.7. The van der Waals surface area contributed by atoms with E-state index in [9.17, 15) is 18.0 Å². The number of hydrogen-bond acceptors (Lipinski definition) is 6. The maximum absolute atomic E-state index is 12.6. The van der Waals surface area contributed by atoms with Crippen LogP contribution in [0.3, 0.4) is 0 Å². The maximum Gasteiger partial charge on any atom is 0.337 e. The van der Waals surface area contributed by atoms with E-state index in [1.165, 1.54) is 29.0 Å². The molecule has 0 spiro atoms. The molecule has 1 heterocycles. The summed E-state index contributed by atoms with van der Waals surface area (Å²) in [7, 11) is -2.07. The highest BCUT2D eigenvalue weighted by Crippen LogP contribution is 2.30. The zero-order chi connectivity index (χ0) is 21.2. The fourth-order valence-electron chi connectivity index (χ4n) is 2.91. The van der Waals surface area contributed by atoms with Crippen molar-refractivity contribution in [2.75, 3.05) is 29.5 Å². The number of sulfonamides is 1. The minimum absolute atomic E-state index is 0.283.